The molecule has 18 heavy (non-hydrogen) atoms. The largest absolute Gasteiger partial charge is 0.309 e. The van der Waals surface area contributed by atoms with Crippen LogP contribution in [-0.2, 0) is 9.84 Å². The van der Waals surface area contributed by atoms with E-state index in [4.69, 9.17) is 23.2 Å². The second kappa shape index (κ2) is 6.75. The van der Waals surface area contributed by atoms with Gasteiger partial charge in [-0.05, 0) is 30.7 Å². The highest BCUT2D eigenvalue weighted by molar-refractivity contribution is 7.91. The summed E-state index contributed by atoms with van der Waals surface area (Å²) in [4.78, 5) is 0. The van der Waals surface area contributed by atoms with E-state index in [2.05, 4.69) is 5.32 Å². The van der Waals surface area contributed by atoms with Crippen molar-refractivity contribution in [2.45, 2.75) is 19.9 Å². The van der Waals surface area contributed by atoms with Crippen molar-refractivity contribution in [3.8, 4) is 0 Å². The Kier molecular flexibility index (Phi) is 5.92. The Morgan fingerprint density at radius 1 is 1.33 bits per heavy atom. The number of nitrogens with one attached hydrogen (secondary N) is 1. The first-order chi connectivity index (χ1) is 8.35. The Labute approximate surface area is 118 Å². The fourth-order valence-electron chi connectivity index (χ4n) is 1.53. The first-order valence-electron chi connectivity index (χ1n) is 5.74. The molecule has 0 unspecified atom stereocenters. The fourth-order valence-corrected chi connectivity index (χ4v) is 2.71. The standard InChI is InChI=1S/C12H17Cl2NO2S/c1-3-18(16,17)7-6-15-9(2)11-8-10(13)4-5-12(11)14/h4-5,8-9,15H,3,6-7H2,1-2H3/t9-/m1/s1. The summed E-state index contributed by atoms with van der Waals surface area (Å²) in [6.45, 7) is 3.98. The van der Waals surface area contributed by atoms with Gasteiger partial charge in [-0.2, -0.15) is 0 Å². The molecule has 1 N–H and O–H groups in total. The Balaban J connectivity index is 2.61. The predicted molar refractivity (Wildman–Crippen MR) is 77.2 cm³/mol. The summed E-state index contributed by atoms with van der Waals surface area (Å²) in [5, 5.41) is 4.37. The van der Waals surface area contributed by atoms with Crippen LogP contribution >= 0.6 is 23.2 Å². The topological polar surface area (TPSA) is 46.2 Å². The zero-order valence-electron chi connectivity index (χ0n) is 10.4. The number of rotatable bonds is 6. The summed E-state index contributed by atoms with van der Waals surface area (Å²) < 4.78 is 22.7. The molecule has 0 aromatic heterocycles. The fraction of sp³-hybridized carbons (Fsp3) is 0.500. The van der Waals surface area contributed by atoms with Gasteiger partial charge < -0.3 is 5.32 Å². The lowest BCUT2D eigenvalue weighted by atomic mass is 10.1. The van der Waals surface area contributed by atoms with Crippen LogP contribution in [0.15, 0.2) is 18.2 Å². The van der Waals surface area contributed by atoms with Gasteiger partial charge in [0, 0.05) is 28.4 Å². The normalized spacial score (nSPS) is 13.6. The third-order valence-corrected chi connectivity index (χ3v) is 5.01. The van der Waals surface area contributed by atoms with Gasteiger partial charge in [-0.3, -0.25) is 0 Å². The van der Waals surface area contributed by atoms with E-state index >= 15 is 0 Å². The molecular formula is C12H17Cl2NO2S. The molecule has 1 aromatic carbocycles. The van der Waals surface area contributed by atoms with E-state index in [-0.39, 0.29) is 17.5 Å². The summed E-state index contributed by atoms with van der Waals surface area (Å²) in [5.74, 6) is 0.299. The molecule has 1 rings (SSSR count). The summed E-state index contributed by atoms with van der Waals surface area (Å²) >= 11 is 12.0. The molecule has 0 heterocycles. The summed E-state index contributed by atoms with van der Waals surface area (Å²) in [5.41, 5.74) is 0.873. The average Bonchev–Trinajstić information content (AvgIpc) is 2.32. The van der Waals surface area contributed by atoms with Crippen LogP contribution in [0.3, 0.4) is 0 Å². The molecule has 0 saturated carbocycles. The molecule has 0 fully saturated rings. The van der Waals surface area contributed by atoms with E-state index in [0.717, 1.165) is 5.56 Å². The number of sulfone groups is 1. The maximum Gasteiger partial charge on any atom is 0.151 e. The second-order valence-electron chi connectivity index (χ2n) is 4.08. The molecule has 0 bridgehead atoms. The van der Waals surface area contributed by atoms with Crippen molar-refractivity contribution in [2.24, 2.45) is 0 Å². The number of hydrogen-bond donors (Lipinski definition) is 1. The molecule has 3 nitrogen and oxygen atoms in total. The van der Waals surface area contributed by atoms with Crippen molar-refractivity contribution >= 4 is 33.0 Å². The zero-order chi connectivity index (χ0) is 13.8. The SMILES string of the molecule is CCS(=O)(=O)CCN[C@H](C)c1cc(Cl)ccc1Cl. The second-order valence-corrected chi connectivity index (χ2v) is 7.39. The van der Waals surface area contributed by atoms with E-state index < -0.39 is 9.84 Å². The van der Waals surface area contributed by atoms with Gasteiger partial charge in [0.15, 0.2) is 9.84 Å². The first-order valence-corrected chi connectivity index (χ1v) is 8.32. The molecular weight excluding hydrogens is 293 g/mol. The summed E-state index contributed by atoms with van der Waals surface area (Å²) in [6.07, 6.45) is 0. The minimum atomic E-state index is -2.94. The highest BCUT2D eigenvalue weighted by Gasteiger charge is 2.12. The van der Waals surface area contributed by atoms with Crippen LogP contribution in [0.5, 0.6) is 0 Å². The molecule has 0 saturated heterocycles. The van der Waals surface area contributed by atoms with Crippen LogP contribution in [0.4, 0.5) is 0 Å². The number of halogens is 2. The van der Waals surface area contributed by atoms with Crippen LogP contribution in [0.25, 0.3) is 0 Å². The highest BCUT2D eigenvalue weighted by Crippen LogP contribution is 2.25. The Bertz CT molecular complexity index is 503. The molecule has 0 aliphatic carbocycles. The van der Waals surface area contributed by atoms with E-state index in [9.17, 15) is 8.42 Å². The number of benzene rings is 1. The molecule has 1 aromatic rings. The molecule has 0 aliphatic rings. The Morgan fingerprint density at radius 3 is 2.61 bits per heavy atom. The van der Waals surface area contributed by atoms with Gasteiger partial charge in [-0.15, -0.1) is 0 Å². The van der Waals surface area contributed by atoms with Crippen LogP contribution in [0.2, 0.25) is 10.0 Å². The monoisotopic (exact) mass is 309 g/mol. The quantitative estimate of drug-likeness (QED) is 0.878. The van der Waals surface area contributed by atoms with Crippen molar-refractivity contribution in [3.05, 3.63) is 33.8 Å². The third kappa shape index (κ3) is 4.76. The van der Waals surface area contributed by atoms with Gasteiger partial charge in [0.05, 0.1) is 5.75 Å². The lowest BCUT2D eigenvalue weighted by Crippen LogP contribution is -2.26. The molecule has 0 aliphatic heterocycles. The third-order valence-electron chi connectivity index (χ3n) is 2.73. The van der Waals surface area contributed by atoms with Gasteiger partial charge in [-0.25, -0.2) is 8.42 Å². The smallest absolute Gasteiger partial charge is 0.151 e. The number of hydrogen-bond acceptors (Lipinski definition) is 3. The van der Waals surface area contributed by atoms with Crippen LogP contribution in [0, 0.1) is 0 Å². The van der Waals surface area contributed by atoms with E-state index in [1.165, 1.54) is 0 Å². The lowest BCUT2D eigenvalue weighted by Gasteiger charge is -2.16. The average molecular weight is 310 g/mol. The first kappa shape index (κ1) is 15.8. The van der Waals surface area contributed by atoms with E-state index in [1.54, 1.807) is 25.1 Å². The molecule has 6 heteroatoms. The minimum absolute atomic E-state index is 0.0387. The van der Waals surface area contributed by atoms with E-state index in [1.807, 2.05) is 6.92 Å². The maximum absolute atomic E-state index is 11.4. The van der Waals surface area contributed by atoms with E-state index in [0.29, 0.717) is 16.6 Å². The van der Waals surface area contributed by atoms with Gasteiger partial charge >= 0.3 is 0 Å². The van der Waals surface area contributed by atoms with Gasteiger partial charge in [0.25, 0.3) is 0 Å². The van der Waals surface area contributed by atoms with Crippen molar-refractivity contribution in [1.29, 1.82) is 0 Å². The molecule has 1 atom stereocenters. The summed E-state index contributed by atoms with van der Waals surface area (Å²) in [7, 11) is -2.94. The van der Waals surface area contributed by atoms with Crippen molar-refractivity contribution in [2.75, 3.05) is 18.1 Å². The van der Waals surface area contributed by atoms with Crippen LogP contribution < -0.4 is 5.32 Å². The van der Waals surface area contributed by atoms with Crippen molar-refractivity contribution < 1.29 is 8.42 Å². The van der Waals surface area contributed by atoms with Crippen LogP contribution in [-0.4, -0.2) is 26.5 Å². The summed E-state index contributed by atoms with van der Waals surface area (Å²) in [6, 6.07) is 5.21. The minimum Gasteiger partial charge on any atom is -0.309 e. The molecule has 102 valence electrons. The van der Waals surface area contributed by atoms with Crippen LogP contribution in [0.1, 0.15) is 25.5 Å². The predicted octanol–water partition coefficient (Wildman–Crippen LogP) is 3.08. The zero-order valence-corrected chi connectivity index (χ0v) is 12.7. The highest BCUT2D eigenvalue weighted by atomic mass is 35.5. The molecule has 0 spiro atoms. The van der Waals surface area contributed by atoms with Gasteiger partial charge in [0.2, 0.25) is 0 Å². The van der Waals surface area contributed by atoms with Crippen molar-refractivity contribution in [3.63, 3.8) is 0 Å². The molecule has 0 amide bonds. The van der Waals surface area contributed by atoms with Gasteiger partial charge in [0.1, 0.15) is 0 Å². The Morgan fingerprint density at radius 2 is 2.00 bits per heavy atom. The maximum atomic E-state index is 11.4. The van der Waals surface area contributed by atoms with Gasteiger partial charge in [-0.1, -0.05) is 30.1 Å². The Hall–Kier alpha value is -0.290. The molecule has 0 radical (unpaired) electrons. The lowest BCUT2D eigenvalue weighted by molar-refractivity contribution is 0.573. The van der Waals surface area contributed by atoms with Crippen molar-refractivity contribution in [1.82, 2.24) is 5.32 Å².